The molecule has 2 nitrogen and oxygen atoms in total. The monoisotopic (exact) mass is 234 g/mol. The molecule has 0 N–H and O–H groups in total. The lowest BCUT2D eigenvalue weighted by atomic mass is 10.1. The molecule has 0 bridgehead atoms. The van der Waals surface area contributed by atoms with Crippen molar-refractivity contribution in [3.05, 3.63) is 48.0 Å². The lowest BCUT2D eigenvalue weighted by Gasteiger charge is -2.12. The van der Waals surface area contributed by atoms with E-state index in [0.717, 1.165) is 12.8 Å². The maximum Gasteiger partial charge on any atom is 0.176 e. The molecule has 94 valence electrons. The third kappa shape index (κ3) is 6.25. The van der Waals surface area contributed by atoms with Gasteiger partial charge in [0, 0.05) is 13.2 Å². The minimum atomic E-state index is -0.194. The van der Waals surface area contributed by atoms with Gasteiger partial charge >= 0.3 is 0 Å². The zero-order valence-electron chi connectivity index (χ0n) is 10.8. The van der Waals surface area contributed by atoms with Gasteiger partial charge in [-0.15, -0.1) is 0 Å². The third-order valence-electron chi connectivity index (χ3n) is 2.40. The fourth-order valence-corrected chi connectivity index (χ4v) is 1.59. The van der Waals surface area contributed by atoms with Gasteiger partial charge in [0.1, 0.15) is 0 Å². The van der Waals surface area contributed by atoms with Crippen LogP contribution in [0, 0.1) is 0 Å². The van der Waals surface area contributed by atoms with Gasteiger partial charge in [-0.25, -0.2) is 0 Å². The Kier molecular flexibility index (Phi) is 7.35. The quantitative estimate of drug-likeness (QED) is 0.505. The molecule has 0 saturated carbocycles. The molecular formula is C15H22O2. The van der Waals surface area contributed by atoms with Crippen LogP contribution < -0.4 is 0 Å². The fourth-order valence-electron chi connectivity index (χ4n) is 1.59. The van der Waals surface area contributed by atoms with Crippen molar-refractivity contribution in [2.75, 3.05) is 13.2 Å². The smallest absolute Gasteiger partial charge is 0.176 e. The predicted octanol–water partition coefficient (Wildman–Crippen LogP) is 3.57. The molecule has 0 heterocycles. The Hall–Kier alpha value is -1.12. The lowest BCUT2D eigenvalue weighted by Crippen LogP contribution is -2.14. The molecule has 0 amide bonds. The first-order valence-corrected chi connectivity index (χ1v) is 6.30. The van der Waals surface area contributed by atoms with Crippen LogP contribution in [-0.2, 0) is 15.9 Å². The Bertz CT molecular complexity index is 300. The van der Waals surface area contributed by atoms with Gasteiger partial charge < -0.3 is 9.47 Å². The van der Waals surface area contributed by atoms with Gasteiger partial charge in [0.2, 0.25) is 0 Å². The molecule has 0 radical (unpaired) electrons. The van der Waals surface area contributed by atoms with E-state index < -0.39 is 0 Å². The number of rotatable bonds is 8. The topological polar surface area (TPSA) is 18.5 Å². The highest BCUT2D eigenvalue weighted by atomic mass is 16.7. The second kappa shape index (κ2) is 8.97. The average molecular weight is 234 g/mol. The minimum Gasteiger partial charge on any atom is -0.349 e. The SMILES string of the molecule is CCOC(/C=C/CCc1ccccc1)OCC. The van der Waals surface area contributed by atoms with Crippen LogP contribution in [0.25, 0.3) is 0 Å². The predicted molar refractivity (Wildman–Crippen MR) is 70.9 cm³/mol. The first-order valence-electron chi connectivity index (χ1n) is 6.30. The largest absolute Gasteiger partial charge is 0.349 e. The standard InChI is InChI=1S/C15H22O2/c1-3-16-15(17-4-2)13-9-8-12-14-10-6-5-7-11-14/h5-7,9-11,13,15H,3-4,8,12H2,1-2H3/b13-9+. The van der Waals surface area contributed by atoms with E-state index >= 15 is 0 Å². The molecular weight excluding hydrogens is 212 g/mol. The van der Waals surface area contributed by atoms with E-state index in [1.54, 1.807) is 0 Å². The number of allylic oxidation sites excluding steroid dienone is 1. The molecule has 0 aliphatic carbocycles. The third-order valence-corrected chi connectivity index (χ3v) is 2.40. The summed E-state index contributed by atoms with van der Waals surface area (Å²) in [7, 11) is 0. The number of hydrogen-bond donors (Lipinski definition) is 0. The van der Waals surface area contributed by atoms with Gasteiger partial charge in [-0.3, -0.25) is 0 Å². The molecule has 17 heavy (non-hydrogen) atoms. The van der Waals surface area contributed by atoms with Crippen LogP contribution in [0.4, 0.5) is 0 Å². The zero-order chi connectivity index (χ0) is 12.3. The van der Waals surface area contributed by atoms with Gasteiger partial charge in [0.05, 0.1) is 0 Å². The molecule has 2 heteroatoms. The normalized spacial score (nSPS) is 11.5. The van der Waals surface area contributed by atoms with Crippen molar-refractivity contribution in [1.82, 2.24) is 0 Å². The molecule has 1 rings (SSSR count). The maximum absolute atomic E-state index is 5.43. The van der Waals surface area contributed by atoms with E-state index in [2.05, 4.69) is 30.3 Å². The summed E-state index contributed by atoms with van der Waals surface area (Å²) in [6.07, 6.45) is 6.00. The zero-order valence-corrected chi connectivity index (χ0v) is 10.8. The number of ether oxygens (including phenoxy) is 2. The van der Waals surface area contributed by atoms with Gasteiger partial charge in [0.25, 0.3) is 0 Å². The summed E-state index contributed by atoms with van der Waals surface area (Å²) >= 11 is 0. The van der Waals surface area contributed by atoms with Gasteiger partial charge in [-0.2, -0.15) is 0 Å². The Balaban J connectivity index is 2.28. The first kappa shape index (κ1) is 13.9. The van der Waals surface area contributed by atoms with E-state index in [0.29, 0.717) is 13.2 Å². The second-order valence-electron chi connectivity index (χ2n) is 3.73. The number of hydrogen-bond acceptors (Lipinski definition) is 2. The van der Waals surface area contributed by atoms with E-state index in [9.17, 15) is 0 Å². The summed E-state index contributed by atoms with van der Waals surface area (Å²) in [5.74, 6) is 0. The van der Waals surface area contributed by atoms with Crippen LogP contribution in [0.15, 0.2) is 42.5 Å². The molecule has 0 atom stereocenters. The van der Waals surface area contributed by atoms with E-state index in [-0.39, 0.29) is 6.29 Å². The van der Waals surface area contributed by atoms with Crippen molar-refractivity contribution >= 4 is 0 Å². The van der Waals surface area contributed by atoms with Crippen LogP contribution in [-0.4, -0.2) is 19.5 Å². The summed E-state index contributed by atoms with van der Waals surface area (Å²) in [5.41, 5.74) is 1.36. The summed E-state index contributed by atoms with van der Waals surface area (Å²) in [6, 6.07) is 10.5. The highest BCUT2D eigenvalue weighted by Gasteiger charge is 2.00. The molecule has 1 aromatic rings. The van der Waals surface area contributed by atoms with Crippen molar-refractivity contribution in [3.63, 3.8) is 0 Å². The van der Waals surface area contributed by atoms with Crippen molar-refractivity contribution < 1.29 is 9.47 Å². The summed E-state index contributed by atoms with van der Waals surface area (Å²) in [5, 5.41) is 0. The maximum atomic E-state index is 5.43. The minimum absolute atomic E-state index is 0.194. The second-order valence-corrected chi connectivity index (χ2v) is 3.73. The summed E-state index contributed by atoms with van der Waals surface area (Å²) in [6.45, 7) is 5.30. The van der Waals surface area contributed by atoms with Crippen LogP contribution in [0.3, 0.4) is 0 Å². The fraction of sp³-hybridized carbons (Fsp3) is 0.467. The highest BCUT2D eigenvalue weighted by Crippen LogP contribution is 2.04. The van der Waals surface area contributed by atoms with Crippen LogP contribution in [0.2, 0.25) is 0 Å². The van der Waals surface area contributed by atoms with Crippen molar-refractivity contribution in [1.29, 1.82) is 0 Å². The molecule has 0 aliphatic rings. The molecule has 0 unspecified atom stereocenters. The Morgan fingerprint density at radius 3 is 2.29 bits per heavy atom. The Morgan fingerprint density at radius 1 is 1.06 bits per heavy atom. The molecule has 0 aromatic heterocycles. The highest BCUT2D eigenvalue weighted by molar-refractivity contribution is 5.15. The number of aryl methyl sites for hydroxylation is 1. The Labute approximate surface area is 104 Å². The first-order chi connectivity index (χ1) is 8.36. The van der Waals surface area contributed by atoms with Gasteiger partial charge in [-0.1, -0.05) is 36.4 Å². The van der Waals surface area contributed by atoms with Crippen LogP contribution >= 0.6 is 0 Å². The molecule has 0 saturated heterocycles. The van der Waals surface area contributed by atoms with E-state index in [1.165, 1.54) is 5.56 Å². The lowest BCUT2D eigenvalue weighted by molar-refractivity contribution is -0.104. The van der Waals surface area contributed by atoms with Crippen LogP contribution in [0.5, 0.6) is 0 Å². The molecule has 0 fully saturated rings. The van der Waals surface area contributed by atoms with E-state index in [1.807, 2.05) is 26.0 Å². The van der Waals surface area contributed by atoms with Crippen LogP contribution in [0.1, 0.15) is 25.8 Å². The summed E-state index contributed by atoms with van der Waals surface area (Å²) in [4.78, 5) is 0. The molecule has 0 spiro atoms. The van der Waals surface area contributed by atoms with Gasteiger partial charge in [-0.05, 0) is 38.3 Å². The average Bonchev–Trinajstić information content (AvgIpc) is 2.36. The van der Waals surface area contributed by atoms with Gasteiger partial charge in [0.15, 0.2) is 6.29 Å². The molecule has 0 aliphatic heterocycles. The summed E-state index contributed by atoms with van der Waals surface area (Å²) < 4.78 is 10.9. The number of benzene rings is 1. The molecule has 1 aromatic carbocycles. The Morgan fingerprint density at radius 2 is 1.71 bits per heavy atom. The van der Waals surface area contributed by atoms with Crippen molar-refractivity contribution in [2.45, 2.75) is 33.0 Å². The van der Waals surface area contributed by atoms with Crippen molar-refractivity contribution in [2.24, 2.45) is 0 Å². The van der Waals surface area contributed by atoms with Crippen molar-refractivity contribution in [3.8, 4) is 0 Å². The van der Waals surface area contributed by atoms with E-state index in [4.69, 9.17) is 9.47 Å².